The zero-order valence-electron chi connectivity index (χ0n) is 16.4. The summed E-state index contributed by atoms with van der Waals surface area (Å²) < 4.78 is 7.44. The maximum absolute atomic E-state index is 12.2. The lowest BCUT2D eigenvalue weighted by atomic mass is 10.2. The predicted octanol–water partition coefficient (Wildman–Crippen LogP) is 2.85. The first-order valence-electron chi connectivity index (χ1n) is 9.37. The van der Waals surface area contributed by atoms with Crippen molar-refractivity contribution in [1.82, 2.24) is 24.3 Å². The van der Waals surface area contributed by atoms with Crippen molar-refractivity contribution in [3.05, 3.63) is 43.1 Å². The Hall–Kier alpha value is -3.16. The number of nitrogens with zero attached hydrogens (tertiary/aromatic N) is 6. The molecule has 1 fully saturated rings. The van der Waals surface area contributed by atoms with E-state index in [1.165, 1.54) is 0 Å². The van der Waals surface area contributed by atoms with Crippen molar-refractivity contribution in [3.8, 4) is 11.3 Å². The van der Waals surface area contributed by atoms with E-state index in [9.17, 15) is 4.79 Å². The molecule has 146 valence electrons. The minimum absolute atomic E-state index is 0.256. The zero-order valence-corrected chi connectivity index (χ0v) is 16.4. The lowest BCUT2D eigenvalue weighted by Crippen LogP contribution is -2.50. The molecule has 0 saturated carbocycles. The number of carbonyl (C=O) groups is 1. The SMILES string of the molecule is CC(C)(C)OC(=O)N1CCN(c2cnc3cc(-c4cccnc4)ncn23)CC1. The lowest BCUT2D eigenvalue weighted by molar-refractivity contribution is 0.0240. The molecule has 0 unspecified atom stereocenters. The highest BCUT2D eigenvalue weighted by molar-refractivity contribution is 5.69. The largest absolute Gasteiger partial charge is 0.444 e. The summed E-state index contributed by atoms with van der Waals surface area (Å²) in [4.78, 5) is 29.5. The van der Waals surface area contributed by atoms with Gasteiger partial charge >= 0.3 is 6.09 Å². The van der Waals surface area contributed by atoms with Crippen LogP contribution in [0.2, 0.25) is 0 Å². The summed E-state index contributed by atoms with van der Waals surface area (Å²) in [6.45, 7) is 8.31. The van der Waals surface area contributed by atoms with E-state index in [1.54, 1.807) is 23.6 Å². The third-order valence-corrected chi connectivity index (χ3v) is 4.60. The average Bonchev–Trinajstić information content (AvgIpc) is 3.11. The van der Waals surface area contributed by atoms with Gasteiger partial charge in [-0.1, -0.05) is 0 Å². The third kappa shape index (κ3) is 3.76. The van der Waals surface area contributed by atoms with E-state index in [2.05, 4.69) is 19.9 Å². The van der Waals surface area contributed by atoms with Gasteiger partial charge in [0.25, 0.3) is 0 Å². The van der Waals surface area contributed by atoms with Gasteiger partial charge in [0, 0.05) is 50.2 Å². The minimum atomic E-state index is -0.479. The normalized spacial score (nSPS) is 15.1. The molecular formula is C20H24N6O2. The molecule has 0 N–H and O–H groups in total. The summed E-state index contributed by atoms with van der Waals surface area (Å²) in [5, 5.41) is 0. The molecule has 0 bridgehead atoms. The molecule has 4 heterocycles. The van der Waals surface area contributed by atoms with Crippen molar-refractivity contribution in [3.63, 3.8) is 0 Å². The summed E-state index contributed by atoms with van der Waals surface area (Å²) in [7, 11) is 0. The van der Waals surface area contributed by atoms with Crippen LogP contribution in [0.1, 0.15) is 20.8 Å². The second kappa shape index (κ2) is 7.10. The molecule has 0 aliphatic carbocycles. The van der Waals surface area contributed by atoms with Crippen LogP contribution in [0.4, 0.5) is 10.6 Å². The van der Waals surface area contributed by atoms with E-state index < -0.39 is 5.60 Å². The number of hydrogen-bond acceptors (Lipinski definition) is 6. The third-order valence-electron chi connectivity index (χ3n) is 4.60. The Labute approximate surface area is 163 Å². The molecule has 28 heavy (non-hydrogen) atoms. The predicted molar refractivity (Wildman–Crippen MR) is 106 cm³/mol. The Morgan fingerprint density at radius 2 is 1.89 bits per heavy atom. The number of pyridine rings is 1. The molecule has 0 atom stereocenters. The van der Waals surface area contributed by atoms with Crippen LogP contribution in [0.5, 0.6) is 0 Å². The molecule has 0 radical (unpaired) electrons. The highest BCUT2D eigenvalue weighted by Gasteiger charge is 2.27. The summed E-state index contributed by atoms with van der Waals surface area (Å²) in [6, 6.07) is 5.82. The van der Waals surface area contributed by atoms with Crippen LogP contribution in [0, 0.1) is 0 Å². The number of hydrogen-bond donors (Lipinski definition) is 0. The number of amides is 1. The Bertz CT molecular complexity index is 971. The fraction of sp³-hybridized carbons (Fsp3) is 0.400. The van der Waals surface area contributed by atoms with E-state index in [-0.39, 0.29) is 6.09 Å². The Morgan fingerprint density at radius 3 is 2.57 bits per heavy atom. The van der Waals surface area contributed by atoms with Crippen molar-refractivity contribution < 1.29 is 9.53 Å². The van der Waals surface area contributed by atoms with Crippen LogP contribution in [-0.4, -0.2) is 62.1 Å². The molecule has 8 nitrogen and oxygen atoms in total. The van der Waals surface area contributed by atoms with Gasteiger partial charge in [0.15, 0.2) is 0 Å². The van der Waals surface area contributed by atoms with Gasteiger partial charge in [-0.3, -0.25) is 9.38 Å². The molecule has 1 amide bonds. The van der Waals surface area contributed by atoms with Gasteiger partial charge in [0.05, 0.1) is 11.9 Å². The van der Waals surface area contributed by atoms with Crippen LogP contribution in [-0.2, 0) is 4.74 Å². The van der Waals surface area contributed by atoms with Crippen LogP contribution in [0.3, 0.4) is 0 Å². The number of fused-ring (bicyclic) bond motifs is 1. The molecule has 8 heteroatoms. The van der Waals surface area contributed by atoms with Gasteiger partial charge in [-0.25, -0.2) is 14.8 Å². The standard InChI is InChI=1S/C20H24N6O2/c1-20(2,3)28-19(27)25-9-7-24(8-10-25)18-13-22-17-11-16(23-14-26(17)18)15-5-4-6-21-12-15/h4-6,11-14H,7-10H2,1-3H3. The lowest BCUT2D eigenvalue weighted by Gasteiger charge is -2.36. The molecule has 4 rings (SSSR count). The van der Waals surface area contributed by atoms with Gasteiger partial charge < -0.3 is 14.5 Å². The molecule has 1 saturated heterocycles. The molecule has 1 aliphatic heterocycles. The number of piperazine rings is 1. The second-order valence-corrected chi connectivity index (χ2v) is 7.81. The number of imidazole rings is 1. The Morgan fingerprint density at radius 1 is 1.11 bits per heavy atom. The Balaban J connectivity index is 1.48. The molecule has 3 aromatic heterocycles. The van der Waals surface area contributed by atoms with Gasteiger partial charge in [-0.05, 0) is 32.9 Å². The van der Waals surface area contributed by atoms with Crippen LogP contribution >= 0.6 is 0 Å². The number of aromatic nitrogens is 4. The number of ether oxygens (including phenoxy) is 1. The maximum atomic E-state index is 12.2. The van der Waals surface area contributed by atoms with Crippen molar-refractivity contribution in [2.24, 2.45) is 0 Å². The maximum Gasteiger partial charge on any atom is 0.410 e. The van der Waals surface area contributed by atoms with Crippen molar-refractivity contribution in [2.45, 2.75) is 26.4 Å². The topological polar surface area (TPSA) is 75.9 Å². The van der Waals surface area contributed by atoms with Crippen molar-refractivity contribution >= 4 is 17.6 Å². The van der Waals surface area contributed by atoms with Crippen LogP contribution in [0.15, 0.2) is 43.1 Å². The van der Waals surface area contributed by atoms with Gasteiger partial charge in [-0.2, -0.15) is 0 Å². The number of rotatable bonds is 2. The van der Waals surface area contributed by atoms with E-state index in [1.807, 2.05) is 49.6 Å². The first-order valence-corrected chi connectivity index (χ1v) is 9.37. The summed E-state index contributed by atoms with van der Waals surface area (Å²) >= 11 is 0. The van der Waals surface area contributed by atoms with Gasteiger partial charge in [0.1, 0.15) is 23.4 Å². The van der Waals surface area contributed by atoms with Crippen molar-refractivity contribution in [2.75, 3.05) is 31.1 Å². The number of anilines is 1. The van der Waals surface area contributed by atoms with Crippen molar-refractivity contribution in [1.29, 1.82) is 0 Å². The minimum Gasteiger partial charge on any atom is -0.444 e. The molecular weight excluding hydrogens is 356 g/mol. The quantitative estimate of drug-likeness (QED) is 0.680. The van der Waals surface area contributed by atoms with E-state index in [0.717, 1.165) is 35.8 Å². The fourth-order valence-corrected chi connectivity index (χ4v) is 3.22. The summed E-state index contributed by atoms with van der Waals surface area (Å²) in [5.74, 6) is 0.976. The second-order valence-electron chi connectivity index (χ2n) is 7.81. The van der Waals surface area contributed by atoms with E-state index in [0.29, 0.717) is 13.1 Å². The van der Waals surface area contributed by atoms with Crippen LogP contribution < -0.4 is 4.90 Å². The molecule has 1 aliphatic rings. The zero-order chi connectivity index (χ0) is 19.7. The van der Waals surface area contributed by atoms with Crippen LogP contribution in [0.25, 0.3) is 16.9 Å². The van der Waals surface area contributed by atoms with E-state index >= 15 is 0 Å². The smallest absolute Gasteiger partial charge is 0.410 e. The first kappa shape index (κ1) is 18.2. The highest BCUT2D eigenvalue weighted by Crippen LogP contribution is 2.22. The summed E-state index contributed by atoms with van der Waals surface area (Å²) in [5.41, 5.74) is 2.15. The highest BCUT2D eigenvalue weighted by atomic mass is 16.6. The Kier molecular flexibility index (Phi) is 4.62. The summed E-state index contributed by atoms with van der Waals surface area (Å²) in [6.07, 6.45) is 6.92. The fourth-order valence-electron chi connectivity index (χ4n) is 3.22. The average molecular weight is 380 g/mol. The van der Waals surface area contributed by atoms with Gasteiger partial charge in [-0.15, -0.1) is 0 Å². The number of carbonyl (C=O) groups excluding carboxylic acids is 1. The molecule has 0 spiro atoms. The monoisotopic (exact) mass is 380 g/mol. The molecule has 0 aromatic carbocycles. The molecule has 3 aromatic rings. The first-order chi connectivity index (χ1) is 13.4. The van der Waals surface area contributed by atoms with Gasteiger partial charge in [0.2, 0.25) is 0 Å². The van der Waals surface area contributed by atoms with E-state index in [4.69, 9.17) is 4.74 Å².